The average Bonchev–Trinajstić information content (AvgIpc) is 3.44. The standard InChI is InChI=1S/C26H25FN4O4/c1-15(33)21-12-31-6-5-19(35-14-16-3-4-16)9-23(31)24(21)26(34)29-22-8-17(13-32)7-20(25(22)27)18-10-28-30(2)11-18/h5-12,16,32H,3-4,13-14H2,1-2H3,(H,29,34). The molecule has 1 fully saturated rings. The van der Waals surface area contributed by atoms with Crippen molar-refractivity contribution in [1.29, 1.82) is 0 Å². The number of aliphatic hydroxyl groups is 1. The number of Topliss-reactive ketones (excluding diaryl/α,β-unsaturated/α-hetero) is 1. The number of amides is 1. The summed E-state index contributed by atoms with van der Waals surface area (Å²) in [6.07, 6.45) is 8.75. The third-order valence-electron chi connectivity index (χ3n) is 6.12. The Morgan fingerprint density at radius 2 is 2.06 bits per heavy atom. The van der Waals surface area contributed by atoms with Crippen LogP contribution in [-0.4, -0.2) is 37.6 Å². The minimum atomic E-state index is -0.662. The van der Waals surface area contributed by atoms with Crippen molar-refractivity contribution in [1.82, 2.24) is 14.2 Å². The van der Waals surface area contributed by atoms with Gasteiger partial charge in [-0.1, -0.05) is 0 Å². The number of nitrogens with one attached hydrogen (secondary N) is 1. The van der Waals surface area contributed by atoms with Crippen molar-refractivity contribution in [2.24, 2.45) is 13.0 Å². The maximum atomic E-state index is 15.5. The largest absolute Gasteiger partial charge is 0.493 e. The minimum absolute atomic E-state index is 0.101. The predicted octanol–water partition coefficient (Wildman–Crippen LogP) is 4.21. The maximum Gasteiger partial charge on any atom is 0.258 e. The Hall–Kier alpha value is -3.98. The summed E-state index contributed by atoms with van der Waals surface area (Å²) in [5.74, 6) is -0.434. The number of halogens is 1. The number of fused-ring (bicyclic) bond motifs is 1. The van der Waals surface area contributed by atoms with Crippen LogP contribution in [0.25, 0.3) is 16.6 Å². The van der Waals surface area contributed by atoms with Crippen LogP contribution in [-0.2, 0) is 13.7 Å². The SMILES string of the molecule is CC(=O)c1cn2ccc(OCC3CC3)cc2c1C(=O)Nc1cc(CO)cc(-c2cnn(C)c2)c1F. The van der Waals surface area contributed by atoms with E-state index in [0.717, 1.165) is 12.8 Å². The van der Waals surface area contributed by atoms with Gasteiger partial charge in [0.1, 0.15) is 5.75 Å². The second-order valence-corrected chi connectivity index (χ2v) is 8.90. The smallest absolute Gasteiger partial charge is 0.258 e. The molecule has 1 amide bonds. The number of hydrogen-bond acceptors (Lipinski definition) is 5. The second-order valence-electron chi connectivity index (χ2n) is 8.90. The van der Waals surface area contributed by atoms with Gasteiger partial charge in [-0.05, 0) is 49.4 Å². The zero-order chi connectivity index (χ0) is 24.7. The van der Waals surface area contributed by atoms with Crippen molar-refractivity contribution in [2.75, 3.05) is 11.9 Å². The number of pyridine rings is 1. The summed E-state index contributed by atoms with van der Waals surface area (Å²) in [6.45, 7) is 1.64. The molecule has 0 aliphatic heterocycles. The number of carbonyl (C=O) groups excluding carboxylic acids is 2. The van der Waals surface area contributed by atoms with E-state index in [2.05, 4.69) is 10.4 Å². The van der Waals surface area contributed by atoms with Gasteiger partial charge in [0.25, 0.3) is 5.91 Å². The summed E-state index contributed by atoms with van der Waals surface area (Å²) in [5, 5.41) is 16.4. The lowest BCUT2D eigenvalue weighted by Gasteiger charge is -2.12. The molecule has 180 valence electrons. The Labute approximate surface area is 200 Å². The van der Waals surface area contributed by atoms with Crippen LogP contribution in [0.15, 0.2) is 49.1 Å². The highest BCUT2D eigenvalue weighted by molar-refractivity contribution is 6.16. The number of hydrogen-bond donors (Lipinski definition) is 2. The number of ketones is 1. The molecule has 35 heavy (non-hydrogen) atoms. The van der Waals surface area contributed by atoms with Crippen LogP contribution in [0, 0.1) is 11.7 Å². The lowest BCUT2D eigenvalue weighted by atomic mass is 10.0. The molecule has 5 rings (SSSR count). The zero-order valence-corrected chi connectivity index (χ0v) is 19.4. The third kappa shape index (κ3) is 4.54. The summed E-state index contributed by atoms with van der Waals surface area (Å²) in [4.78, 5) is 25.8. The summed E-state index contributed by atoms with van der Waals surface area (Å²) < 4.78 is 24.5. The van der Waals surface area contributed by atoms with E-state index in [-0.39, 0.29) is 34.8 Å². The molecule has 1 aromatic carbocycles. The van der Waals surface area contributed by atoms with Crippen molar-refractivity contribution in [3.63, 3.8) is 0 Å². The van der Waals surface area contributed by atoms with Crippen LogP contribution in [0.2, 0.25) is 0 Å². The van der Waals surface area contributed by atoms with Gasteiger partial charge in [-0.15, -0.1) is 0 Å². The molecule has 8 nitrogen and oxygen atoms in total. The number of anilines is 1. The molecule has 0 unspecified atom stereocenters. The van der Waals surface area contributed by atoms with Crippen LogP contribution in [0.5, 0.6) is 5.75 Å². The molecular formula is C26H25FN4O4. The first-order valence-corrected chi connectivity index (χ1v) is 11.4. The van der Waals surface area contributed by atoms with E-state index in [0.29, 0.717) is 34.9 Å². The summed E-state index contributed by atoms with van der Waals surface area (Å²) in [7, 11) is 1.71. The van der Waals surface area contributed by atoms with E-state index in [1.54, 1.807) is 42.2 Å². The van der Waals surface area contributed by atoms with Crippen molar-refractivity contribution in [3.8, 4) is 16.9 Å². The molecular weight excluding hydrogens is 451 g/mol. The Kier molecular flexibility index (Phi) is 5.86. The van der Waals surface area contributed by atoms with Gasteiger partial charge in [0.05, 0.1) is 36.2 Å². The van der Waals surface area contributed by atoms with Gasteiger partial charge in [0.2, 0.25) is 0 Å². The molecule has 0 saturated heterocycles. The van der Waals surface area contributed by atoms with Crippen LogP contribution in [0.3, 0.4) is 0 Å². The fourth-order valence-corrected chi connectivity index (χ4v) is 4.06. The number of nitrogens with zero attached hydrogens (tertiary/aromatic N) is 3. The molecule has 2 N–H and O–H groups in total. The number of ether oxygens (including phenoxy) is 1. The van der Waals surface area contributed by atoms with Gasteiger partial charge in [-0.25, -0.2) is 4.39 Å². The molecule has 1 aliphatic carbocycles. The molecule has 0 bridgehead atoms. The van der Waals surface area contributed by atoms with Gasteiger partial charge in [-0.2, -0.15) is 5.10 Å². The third-order valence-corrected chi connectivity index (χ3v) is 6.12. The molecule has 3 aromatic heterocycles. The number of aliphatic hydroxyl groups excluding tert-OH is 1. The molecule has 0 radical (unpaired) electrons. The number of aryl methyl sites for hydroxylation is 1. The van der Waals surface area contributed by atoms with Crippen LogP contribution < -0.4 is 10.1 Å². The molecule has 0 atom stereocenters. The molecule has 1 aliphatic rings. The van der Waals surface area contributed by atoms with E-state index >= 15 is 4.39 Å². The minimum Gasteiger partial charge on any atom is -0.493 e. The number of rotatable bonds is 8. The fourth-order valence-electron chi connectivity index (χ4n) is 4.06. The first-order valence-electron chi connectivity index (χ1n) is 11.4. The van der Waals surface area contributed by atoms with Gasteiger partial charge >= 0.3 is 0 Å². The van der Waals surface area contributed by atoms with Gasteiger partial charge in [0, 0.05) is 48.4 Å². The Morgan fingerprint density at radius 1 is 1.26 bits per heavy atom. The number of carbonyl (C=O) groups is 2. The van der Waals surface area contributed by atoms with Crippen LogP contribution in [0.1, 0.15) is 46.0 Å². The van der Waals surface area contributed by atoms with E-state index in [1.165, 1.54) is 29.9 Å². The normalized spacial score (nSPS) is 13.3. The van der Waals surface area contributed by atoms with Crippen LogP contribution in [0.4, 0.5) is 10.1 Å². The highest BCUT2D eigenvalue weighted by Gasteiger charge is 2.25. The maximum absolute atomic E-state index is 15.5. The zero-order valence-electron chi connectivity index (χ0n) is 19.4. The van der Waals surface area contributed by atoms with Crippen LogP contribution >= 0.6 is 0 Å². The molecule has 3 heterocycles. The number of benzene rings is 1. The Balaban J connectivity index is 1.54. The summed E-state index contributed by atoms with van der Waals surface area (Å²) in [6, 6.07) is 6.39. The molecule has 9 heteroatoms. The number of aromatic nitrogens is 3. The molecule has 0 spiro atoms. The van der Waals surface area contributed by atoms with E-state index in [4.69, 9.17) is 4.74 Å². The Bertz CT molecular complexity index is 1450. The quantitative estimate of drug-likeness (QED) is 0.371. The monoisotopic (exact) mass is 476 g/mol. The topological polar surface area (TPSA) is 97.9 Å². The first-order chi connectivity index (χ1) is 16.8. The summed E-state index contributed by atoms with van der Waals surface area (Å²) in [5.41, 5.74) is 1.85. The second kappa shape index (κ2) is 8.99. The van der Waals surface area contributed by atoms with E-state index in [9.17, 15) is 14.7 Å². The van der Waals surface area contributed by atoms with Crippen molar-refractivity contribution >= 4 is 22.9 Å². The van der Waals surface area contributed by atoms with Crippen molar-refractivity contribution in [3.05, 3.63) is 71.6 Å². The lowest BCUT2D eigenvalue weighted by molar-refractivity contribution is 0.0987. The lowest BCUT2D eigenvalue weighted by Crippen LogP contribution is -2.16. The van der Waals surface area contributed by atoms with E-state index in [1.807, 2.05) is 0 Å². The van der Waals surface area contributed by atoms with Gasteiger partial charge < -0.3 is 19.6 Å². The summed E-state index contributed by atoms with van der Waals surface area (Å²) >= 11 is 0. The molecule has 1 saturated carbocycles. The predicted molar refractivity (Wildman–Crippen MR) is 128 cm³/mol. The van der Waals surface area contributed by atoms with Gasteiger partial charge in [-0.3, -0.25) is 14.3 Å². The molecule has 4 aromatic rings. The highest BCUT2D eigenvalue weighted by Crippen LogP contribution is 2.32. The van der Waals surface area contributed by atoms with Gasteiger partial charge in [0.15, 0.2) is 11.6 Å². The fraction of sp³-hybridized carbons (Fsp3) is 0.269. The first kappa shape index (κ1) is 22.8. The average molecular weight is 477 g/mol. The van der Waals surface area contributed by atoms with Crippen molar-refractivity contribution in [2.45, 2.75) is 26.4 Å². The van der Waals surface area contributed by atoms with Crippen molar-refractivity contribution < 1.29 is 23.8 Å². The Morgan fingerprint density at radius 3 is 2.71 bits per heavy atom. The van der Waals surface area contributed by atoms with E-state index < -0.39 is 11.7 Å². The highest BCUT2D eigenvalue weighted by atomic mass is 19.1.